The zero-order valence-electron chi connectivity index (χ0n) is 35.6. The van der Waals surface area contributed by atoms with E-state index in [1.165, 1.54) is 6.20 Å². The third kappa shape index (κ3) is 8.12. The Bertz CT molecular complexity index is 2870. The second-order valence-electron chi connectivity index (χ2n) is 18.0. The number of alkyl halides is 1. The summed E-state index contributed by atoms with van der Waals surface area (Å²) < 4.78 is 74.2. The first-order valence-corrected chi connectivity index (χ1v) is 23.5. The summed E-state index contributed by atoms with van der Waals surface area (Å²) in [4.78, 5) is 51.1. The minimum atomic E-state index is -4.35. The molecule has 0 bridgehead atoms. The van der Waals surface area contributed by atoms with Gasteiger partial charge in [0.15, 0.2) is 5.82 Å². The maximum Gasteiger partial charge on any atom is 0.301 e. The Labute approximate surface area is 374 Å². The number of piperidine rings is 1. The molecule has 5 aliphatic rings. The van der Waals surface area contributed by atoms with Crippen LogP contribution in [0.15, 0.2) is 85.3 Å². The van der Waals surface area contributed by atoms with E-state index >= 15 is 8.78 Å². The van der Waals surface area contributed by atoms with E-state index in [4.69, 9.17) is 0 Å². The first-order valence-electron chi connectivity index (χ1n) is 22.0. The molecule has 2 amide bonds. The molecule has 3 atom stereocenters. The van der Waals surface area contributed by atoms with Gasteiger partial charge in [0.2, 0.25) is 11.7 Å². The number of benzene rings is 3. The van der Waals surface area contributed by atoms with Crippen LogP contribution in [0.5, 0.6) is 0 Å². The molecule has 5 aromatic rings. The largest absolute Gasteiger partial charge is 0.385 e. The van der Waals surface area contributed by atoms with Crippen LogP contribution in [0.4, 0.5) is 30.2 Å². The monoisotopic (exact) mass is 908 g/mol. The van der Waals surface area contributed by atoms with Gasteiger partial charge in [0.25, 0.3) is 5.91 Å². The predicted octanol–water partition coefficient (Wildman–Crippen LogP) is 5.96. The molecular formula is C47H49F3N9O5S+. The summed E-state index contributed by atoms with van der Waals surface area (Å²) in [6, 6.07) is 16.9. The van der Waals surface area contributed by atoms with Crippen LogP contribution in [0.25, 0.3) is 22.2 Å². The number of pyridine rings is 1. The fraction of sp³-hybridized carbons (Fsp3) is 0.362. The Morgan fingerprint density at radius 3 is 2.51 bits per heavy atom. The number of carbonyl (C=O) groups excluding carboxylic acids is 3. The number of piperazine rings is 1. The molecule has 14 nitrogen and oxygen atoms in total. The summed E-state index contributed by atoms with van der Waals surface area (Å²) in [5.74, 6) is -3.29. The second kappa shape index (κ2) is 16.6. The van der Waals surface area contributed by atoms with Crippen molar-refractivity contribution in [2.24, 2.45) is 5.92 Å². The Kier molecular flexibility index (Phi) is 10.9. The van der Waals surface area contributed by atoms with E-state index < -0.39 is 51.1 Å². The number of fused-ring (bicyclic) bond motifs is 2. The van der Waals surface area contributed by atoms with E-state index in [-0.39, 0.29) is 36.9 Å². The van der Waals surface area contributed by atoms with Gasteiger partial charge >= 0.3 is 10.2 Å². The molecule has 10 rings (SSSR count). The van der Waals surface area contributed by atoms with Gasteiger partial charge < -0.3 is 29.9 Å². The number of halogens is 3. The first kappa shape index (κ1) is 42.7. The molecule has 4 N–H and O–H groups in total. The topological polar surface area (TPSA) is 160 Å². The summed E-state index contributed by atoms with van der Waals surface area (Å²) in [5.41, 5.74) is 4.64. The van der Waals surface area contributed by atoms with Crippen LogP contribution < -0.4 is 20.3 Å². The molecule has 338 valence electrons. The molecule has 7 heterocycles. The number of aromatic nitrogens is 2. The molecule has 5 aliphatic heterocycles. The van der Waals surface area contributed by atoms with Crippen molar-refractivity contribution in [3.8, 4) is 11.1 Å². The van der Waals surface area contributed by atoms with Crippen LogP contribution in [0.1, 0.15) is 57.5 Å². The van der Waals surface area contributed by atoms with E-state index in [1.807, 2.05) is 41.1 Å². The van der Waals surface area contributed by atoms with Gasteiger partial charge in [-0.05, 0) is 78.9 Å². The third-order valence-electron chi connectivity index (χ3n) is 13.9. The molecule has 2 aromatic heterocycles. The molecular weight excluding hydrogens is 860 g/mol. The zero-order valence-corrected chi connectivity index (χ0v) is 36.4. The molecule has 0 radical (unpaired) electrons. The van der Waals surface area contributed by atoms with Gasteiger partial charge in [0, 0.05) is 90.1 Å². The summed E-state index contributed by atoms with van der Waals surface area (Å²) in [6.45, 7) is 10.8. The minimum Gasteiger partial charge on any atom is -0.385 e. The van der Waals surface area contributed by atoms with Crippen LogP contribution in [0, 0.1) is 17.6 Å². The highest BCUT2D eigenvalue weighted by atomic mass is 32.2. The van der Waals surface area contributed by atoms with E-state index in [1.54, 1.807) is 17.2 Å². The predicted molar refractivity (Wildman–Crippen MR) is 240 cm³/mol. The lowest BCUT2D eigenvalue weighted by atomic mass is 9.99. The Hall–Kier alpha value is -6.24. The van der Waals surface area contributed by atoms with Crippen molar-refractivity contribution in [1.82, 2.24) is 24.5 Å². The summed E-state index contributed by atoms with van der Waals surface area (Å²) in [6.07, 6.45) is 4.00. The summed E-state index contributed by atoms with van der Waals surface area (Å²) in [5, 5.41) is 6.75. The van der Waals surface area contributed by atoms with Crippen LogP contribution in [0.2, 0.25) is 0 Å². The lowest BCUT2D eigenvalue weighted by Crippen LogP contribution is -2.58. The number of aromatic amines is 1. The molecule has 4 saturated heterocycles. The average molecular weight is 909 g/mol. The number of anilines is 3. The highest BCUT2D eigenvalue weighted by Crippen LogP contribution is 2.35. The van der Waals surface area contributed by atoms with Gasteiger partial charge in [-0.3, -0.25) is 19.1 Å². The van der Waals surface area contributed by atoms with Crippen LogP contribution in [0.3, 0.4) is 0 Å². The molecule has 18 heteroatoms. The van der Waals surface area contributed by atoms with E-state index in [2.05, 4.69) is 38.1 Å². The molecule has 1 spiro atoms. The first-order chi connectivity index (χ1) is 31.2. The van der Waals surface area contributed by atoms with Crippen molar-refractivity contribution in [3.63, 3.8) is 0 Å². The van der Waals surface area contributed by atoms with Gasteiger partial charge in [-0.2, -0.15) is 12.7 Å². The number of hydrogen-bond donors (Lipinski definition) is 4. The summed E-state index contributed by atoms with van der Waals surface area (Å²) >= 11 is 0. The third-order valence-corrected chi connectivity index (χ3v) is 15.4. The molecule has 0 saturated carbocycles. The van der Waals surface area contributed by atoms with Gasteiger partial charge in [-0.15, -0.1) is 0 Å². The number of allylic oxidation sites excluding steroid dienone is 1. The van der Waals surface area contributed by atoms with Gasteiger partial charge in [-0.25, -0.2) is 18.2 Å². The lowest BCUT2D eigenvalue weighted by molar-refractivity contribution is -0.918. The number of quaternary nitrogens is 1. The van der Waals surface area contributed by atoms with Crippen molar-refractivity contribution in [2.75, 3.05) is 73.8 Å². The number of ketones is 1. The van der Waals surface area contributed by atoms with E-state index in [0.29, 0.717) is 53.2 Å². The number of nitrogens with one attached hydrogen (secondary N) is 4. The molecule has 0 aliphatic carbocycles. The van der Waals surface area contributed by atoms with Crippen LogP contribution in [-0.2, 0) is 21.5 Å². The normalized spacial score (nSPS) is 22.2. The quantitative estimate of drug-likeness (QED) is 0.0935. The minimum absolute atomic E-state index is 0.00515. The highest BCUT2D eigenvalue weighted by molar-refractivity contribution is 7.90. The Morgan fingerprint density at radius 1 is 0.954 bits per heavy atom. The van der Waals surface area contributed by atoms with Gasteiger partial charge in [-0.1, -0.05) is 18.7 Å². The van der Waals surface area contributed by atoms with Crippen LogP contribution in [-0.4, -0.2) is 121 Å². The molecule has 2 unspecified atom stereocenters. The highest BCUT2D eigenvalue weighted by Gasteiger charge is 2.42. The number of hydrogen-bond acceptors (Lipinski definition) is 8. The number of H-pyrrole nitrogens is 1. The molecule has 3 aromatic carbocycles. The number of amides is 2. The van der Waals surface area contributed by atoms with E-state index in [0.717, 1.165) is 95.7 Å². The number of rotatable bonds is 11. The van der Waals surface area contributed by atoms with Crippen LogP contribution >= 0.6 is 0 Å². The van der Waals surface area contributed by atoms with Crippen molar-refractivity contribution >= 4 is 55.9 Å². The SMILES string of the molecule is C=C1CCC(N2Cc3cc(N4CC[N+]5(CCC(CNc6ccc(-c7cnc8[nH]cc(C(=O)c9c(F)ccc(NS(=O)(=O)N%10CC[C@@H](F)C%10)c9F)c8c7)cc6)C5)CC4)ccc3C2=O)C(=O)N1. The van der Waals surface area contributed by atoms with Crippen molar-refractivity contribution in [2.45, 2.75) is 44.4 Å². The maximum absolute atomic E-state index is 15.8. The Morgan fingerprint density at radius 2 is 1.75 bits per heavy atom. The van der Waals surface area contributed by atoms with Crippen molar-refractivity contribution in [3.05, 3.63) is 119 Å². The van der Waals surface area contributed by atoms with Gasteiger partial charge in [0.05, 0.1) is 50.5 Å². The average Bonchev–Trinajstić information content (AvgIpc) is 4.10. The van der Waals surface area contributed by atoms with Crippen molar-refractivity contribution in [1.29, 1.82) is 0 Å². The Balaban J connectivity index is 0.745. The summed E-state index contributed by atoms with van der Waals surface area (Å²) in [7, 11) is -4.35. The standard InChI is InChI=1S/C47H48F3N9O5S/c1-28-2-11-41(46(61)54-28)58-25-32-20-35(7-8-36(32)47(58)62)56-15-18-59(19-16-56)17-13-29(27-59)22-51-34-5-3-30(4-6-34)31-21-37-38(24-53-45(37)52-23-31)44(60)42-39(49)9-10-40(43(42)50)55-65(63,64)57-14-12-33(48)26-57/h3-10,20-21,23-24,29,33,41,51,55H,1-2,11-19,22,25-27H2,(H-,52,53,54,60,61)/p+1/t29?,33-,41?/m1/s1. The van der Waals surface area contributed by atoms with E-state index in [9.17, 15) is 27.2 Å². The fourth-order valence-electron chi connectivity index (χ4n) is 10.2. The molecule has 65 heavy (non-hydrogen) atoms. The molecule has 4 fully saturated rings. The maximum atomic E-state index is 15.8. The second-order valence-corrected chi connectivity index (χ2v) is 19.7. The van der Waals surface area contributed by atoms with Crippen molar-refractivity contribution < 1.29 is 40.5 Å². The zero-order chi connectivity index (χ0) is 45.2. The fourth-order valence-corrected chi connectivity index (χ4v) is 11.5. The lowest BCUT2D eigenvalue weighted by Gasteiger charge is -2.43. The smallest absolute Gasteiger partial charge is 0.301 e. The number of carbonyl (C=O) groups is 3. The van der Waals surface area contributed by atoms with Gasteiger partial charge in [0.1, 0.15) is 23.7 Å². The number of nitrogens with zero attached hydrogens (tertiary/aromatic N) is 5.